The van der Waals surface area contributed by atoms with E-state index in [-0.39, 0.29) is 31.6 Å². The molecule has 0 aliphatic carbocycles. The van der Waals surface area contributed by atoms with Gasteiger partial charge in [-0.15, -0.1) is 0 Å². The van der Waals surface area contributed by atoms with Crippen LogP contribution in [0.4, 0.5) is 5.69 Å². The van der Waals surface area contributed by atoms with Crippen LogP contribution in [-0.2, 0) is 32.1 Å². The van der Waals surface area contributed by atoms with Gasteiger partial charge in [0, 0.05) is 25.7 Å². The van der Waals surface area contributed by atoms with Gasteiger partial charge < -0.3 is 24.4 Å². The summed E-state index contributed by atoms with van der Waals surface area (Å²) in [5.74, 6) is 0.417. The van der Waals surface area contributed by atoms with E-state index in [1.54, 1.807) is 29.2 Å². The molecule has 1 heterocycles. The highest BCUT2D eigenvalue weighted by Gasteiger charge is 2.18. The Balaban J connectivity index is 1.48. The highest BCUT2D eigenvalue weighted by atomic mass is 16.7. The van der Waals surface area contributed by atoms with Crippen LogP contribution in [0.5, 0.6) is 11.5 Å². The lowest BCUT2D eigenvalue weighted by Crippen LogP contribution is -2.34. The Morgan fingerprint density at radius 1 is 1.03 bits per heavy atom. The first-order valence-corrected chi connectivity index (χ1v) is 9.63. The quantitative estimate of drug-likeness (QED) is 0.670. The molecule has 2 aromatic carbocycles. The molecule has 1 N–H and O–H groups in total. The summed E-state index contributed by atoms with van der Waals surface area (Å²) in [4.78, 5) is 37.2. The third kappa shape index (κ3) is 5.73. The van der Waals surface area contributed by atoms with E-state index in [0.29, 0.717) is 30.3 Å². The normalized spacial score (nSPS) is 11.7. The number of esters is 1. The van der Waals surface area contributed by atoms with E-state index in [1.807, 2.05) is 25.1 Å². The van der Waals surface area contributed by atoms with Gasteiger partial charge in [-0.05, 0) is 42.3 Å². The van der Waals surface area contributed by atoms with Crippen molar-refractivity contribution in [3.05, 3.63) is 53.6 Å². The second kappa shape index (κ2) is 9.78. The Kier molecular flexibility index (Phi) is 6.90. The van der Waals surface area contributed by atoms with Gasteiger partial charge in [0.1, 0.15) is 0 Å². The van der Waals surface area contributed by atoms with Crippen LogP contribution in [0.15, 0.2) is 42.5 Å². The summed E-state index contributed by atoms with van der Waals surface area (Å²) in [6.07, 6.45) is 0.0436. The van der Waals surface area contributed by atoms with Crippen molar-refractivity contribution in [2.75, 3.05) is 25.3 Å². The number of fused-ring (bicyclic) bond motifs is 1. The van der Waals surface area contributed by atoms with Gasteiger partial charge in [0.25, 0.3) is 5.91 Å². The lowest BCUT2D eigenvalue weighted by Gasteiger charge is -2.21. The Morgan fingerprint density at radius 2 is 1.73 bits per heavy atom. The van der Waals surface area contributed by atoms with E-state index in [1.165, 1.54) is 6.92 Å². The zero-order chi connectivity index (χ0) is 21.5. The van der Waals surface area contributed by atoms with Gasteiger partial charge in [-0.3, -0.25) is 14.4 Å². The fraction of sp³-hybridized carbons (Fsp3) is 0.318. The summed E-state index contributed by atoms with van der Waals surface area (Å²) in [5.41, 5.74) is 2.28. The molecule has 0 aromatic heterocycles. The molecule has 0 bridgehead atoms. The van der Waals surface area contributed by atoms with Crippen LogP contribution in [0.3, 0.4) is 0 Å². The van der Waals surface area contributed by atoms with E-state index < -0.39 is 5.97 Å². The van der Waals surface area contributed by atoms with Crippen LogP contribution in [0.2, 0.25) is 0 Å². The predicted molar refractivity (Wildman–Crippen MR) is 109 cm³/mol. The number of likely N-dealkylation sites (N-methyl/N-ethyl adjacent to an activating group) is 1. The molecule has 30 heavy (non-hydrogen) atoms. The molecule has 0 spiro atoms. The summed E-state index contributed by atoms with van der Waals surface area (Å²) in [5, 5.41) is 2.66. The molecule has 1 aliphatic heterocycles. The van der Waals surface area contributed by atoms with Gasteiger partial charge in [-0.1, -0.05) is 18.2 Å². The zero-order valence-electron chi connectivity index (χ0n) is 17.0. The smallest absolute Gasteiger partial charge is 0.310 e. The Labute approximate surface area is 174 Å². The molecule has 158 valence electrons. The zero-order valence-corrected chi connectivity index (χ0v) is 17.0. The second-order valence-corrected chi connectivity index (χ2v) is 6.81. The number of benzene rings is 2. The van der Waals surface area contributed by atoms with Gasteiger partial charge in [0.15, 0.2) is 18.1 Å². The first kappa shape index (κ1) is 21.2. The molecule has 0 unspecified atom stereocenters. The van der Waals surface area contributed by atoms with Gasteiger partial charge in [-0.2, -0.15) is 0 Å². The van der Waals surface area contributed by atoms with Crippen LogP contribution < -0.4 is 14.8 Å². The lowest BCUT2D eigenvalue weighted by molar-refractivity contribution is -0.151. The molecular formula is C22H24N2O6. The van der Waals surface area contributed by atoms with E-state index in [4.69, 9.17) is 14.2 Å². The maximum Gasteiger partial charge on any atom is 0.310 e. The number of carbonyl (C=O) groups is 3. The molecule has 2 amide bonds. The fourth-order valence-electron chi connectivity index (χ4n) is 3.00. The molecule has 0 saturated heterocycles. The van der Waals surface area contributed by atoms with Crippen molar-refractivity contribution in [2.24, 2.45) is 0 Å². The predicted octanol–water partition coefficient (Wildman–Crippen LogP) is 2.51. The molecule has 0 saturated carbocycles. The number of amides is 2. The summed E-state index contributed by atoms with van der Waals surface area (Å²) in [7, 11) is 0. The van der Waals surface area contributed by atoms with Crippen molar-refractivity contribution in [1.82, 2.24) is 4.90 Å². The molecule has 3 rings (SSSR count). The molecular weight excluding hydrogens is 388 g/mol. The van der Waals surface area contributed by atoms with Gasteiger partial charge in [0.2, 0.25) is 12.7 Å². The molecule has 0 radical (unpaired) electrons. The number of hydrogen-bond acceptors (Lipinski definition) is 6. The van der Waals surface area contributed by atoms with Crippen LogP contribution in [0.25, 0.3) is 0 Å². The van der Waals surface area contributed by atoms with Crippen molar-refractivity contribution >= 4 is 23.5 Å². The molecule has 1 aliphatic rings. The molecule has 0 atom stereocenters. The molecule has 8 heteroatoms. The standard InChI is InChI=1S/C22H24N2O6/c1-3-24(12-17-6-9-19-20(10-17)30-14-29-19)21(26)13-28-22(27)11-16-4-7-18(8-5-16)23-15(2)25/h4-10H,3,11-14H2,1-2H3,(H,23,25). The number of ether oxygens (including phenoxy) is 3. The largest absolute Gasteiger partial charge is 0.455 e. The van der Waals surface area contributed by atoms with Gasteiger partial charge in [0.05, 0.1) is 6.42 Å². The number of anilines is 1. The van der Waals surface area contributed by atoms with Crippen LogP contribution in [-0.4, -0.2) is 42.6 Å². The minimum Gasteiger partial charge on any atom is -0.455 e. The Bertz CT molecular complexity index is 926. The summed E-state index contributed by atoms with van der Waals surface area (Å²) < 4.78 is 15.8. The summed E-state index contributed by atoms with van der Waals surface area (Å²) in [6, 6.07) is 12.4. The van der Waals surface area contributed by atoms with Crippen LogP contribution in [0, 0.1) is 0 Å². The maximum absolute atomic E-state index is 12.5. The monoisotopic (exact) mass is 412 g/mol. The Hall–Kier alpha value is -3.55. The summed E-state index contributed by atoms with van der Waals surface area (Å²) >= 11 is 0. The molecule has 0 fully saturated rings. The molecule has 2 aromatic rings. The van der Waals surface area contributed by atoms with Crippen LogP contribution >= 0.6 is 0 Å². The van der Waals surface area contributed by atoms with E-state index >= 15 is 0 Å². The highest BCUT2D eigenvalue weighted by Crippen LogP contribution is 2.32. The number of rotatable bonds is 8. The minimum atomic E-state index is -0.491. The maximum atomic E-state index is 12.5. The van der Waals surface area contributed by atoms with Gasteiger partial charge >= 0.3 is 5.97 Å². The lowest BCUT2D eigenvalue weighted by atomic mass is 10.1. The Morgan fingerprint density at radius 3 is 2.43 bits per heavy atom. The fourth-order valence-corrected chi connectivity index (χ4v) is 3.00. The third-order valence-corrected chi connectivity index (χ3v) is 4.52. The second-order valence-electron chi connectivity index (χ2n) is 6.81. The number of nitrogens with zero attached hydrogens (tertiary/aromatic N) is 1. The van der Waals surface area contributed by atoms with Crippen molar-refractivity contribution in [3.63, 3.8) is 0 Å². The van der Waals surface area contributed by atoms with Crippen molar-refractivity contribution in [3.8, 4) is 11.5 Å². The van der Waals surface area contributed by atoms with E-state index in [2.05, 4.69) is 5.32 Å². The topological polar surface area (TPSA) is 94.2 Å². The van der Waals surface area contributed by atoms with Gasteiger partial charge in [-0.25, -0.2) is 0 Å². The van der Waals surface area contributed by atoms with Crippen molar-refractivity contribution in [2.45, 2.75) is 26.8 Å². The SMILES string of the molecule is CCN(Cc1ccc2c(c1)OCO2)C(=O)COC(=O)Cc1ccc(NC(C)=O)cc1. The number of nitrogens with one attached hydrogen (secondary N) is 1. The highest BCUT2D eigenvalue weighted by molar-refractivity contribution is 5.88. The number of carbonyl (C=O) groups excluding carboxylic acids is 3. The van der Waals surface area contributed by atoms with Crippen molar-refractivity contribution in [1.29, 1.82) is 0 Å². The van der Waals surface area contributed by atoms with E-state index in [0.717, 1.165) is 11.1 Å². The first-order valence-electron chi connectivity index (χ1n) is 9.63. The summed E-state index contributed by atoms with van der Waals surface area (Å²) in [6.45, 7) is 4.03. The minimum absolute atomic E-state index is 0.0436. The molecule has 8 nitrogen and oxygen atoms in total. The first-order chi connectivity index (χ1) is 14.4. The van der Waals surface area contributed by atoms with Crippen LogP contribution in [0.1, 0.15) is 25.0 Å². The van der Waals surface area contributed by atoms with E-state index in [9.17, 15) is 14.4 Å². The average molecular weight is 412 g/mol. The van der Waals surface area contributed by atoms with Crippen molar-refractivity contribution < 1.29 is 28.6 Å². The number of hydrogen-bond donors (Lipinski definition) is 1. The third-order valence-electron chi connectivity index (χ3n) is 4.52. The average Bonchev–Trinajstić information content (AvgIpc) is 3.19.